The second kappa shape index (κ2) is 35.2. The normalized spacial score (nSPS) is 11.5. The van der Waals surface area contributed by atoms with E-state index in [-0.39, 0.29) is 43.1 Å². The SMILES string of the molecule is CC(C)CCCCCCCOC(=O)c1cc(C(=O)c2ccccc2)c(C(=O)OCCCCCCCC(C)C)c(C(=O)OCCCCCCCC(C)C)c1C(=O)OCCCCCCCC(C)C. The van der Waals surface area contributed by atoms with Gasteiger partial charge in [-0.2, -0.15) is 0 Å². The highest BCUT2D eigenvalue weighted by Gasteiger charge is 2.37. The number of hydrogen-bond acceptors (Lipinski definition) is 9. The van der Waals surface area contributed by atoms with Crippen LogP contribution in [0.4, 0.5) is 0 Å². The lowest BCUT2D eigenvalue weighted by atomic mass is 9.87. The lowest BCUT2D eigenvalue weighted by molar-refractivity contribution is 0.0414. The average molecular weight is 919 g/mol. The van der Waals surface area contributed by atoms with Crippen LogP contribution in [0, 0.1) is 23.7 Å². The van der Waals surface area contributed by atoms with Crippen molar-refractivity contribution in [2.45, 2.75) is 209 Å². The molecular weight excluding hydrogens is 829 g/mol. The molecule has 0 heterocycles. The van der Waals surface area contributed by atoms with Crippen LogP contribution in [-0.2, 0) is 18.9 Å². The van der Waals surface area contributed by atoms with E-state index < -0.39 is 46.4 Å². The van der Waals surface area contributed by atoms with Gasteiger partial charge >= 0.3 is 23.9 Å². The topological polar surface area (TPSA) is 122 Å². The van der Waals surface area contributed by atoms with Crippen LogP contribution in [0.3, 0.4) is 0 Å². The van der Waals surface area contributed by atoms with Crippen LogP contribution in [0.15, 0.2) is 36.4 Å². The molecule has 0 bridgehead atoms. The van der Waals surface area contributed by atoms with E-state index in [0.717, 1.165) is 122 Å². The number of ketones is 1. The van der Waals surface area contributed by atoms with E-state index in [1.54, 1.807) is 30.3 Å². The van der Waals surface area contributed by atoms with Crippen molar-refractivity contribution in [2.75, 3.05) is 26.4 Å². The largest absolute Gasteiger partial charge is 0.462 e. The fourth-order valence-electron chi connectivity index (χ4n) is 8.09. The number of ether oxygens (including phenoxy) is 4. The Kier molecular flexibility index (Phi) is 31.0. The molecule has 2 aromatic carbocycles. The van der Waals surface area contributed by atoms with Gasteiger partial charge in [0.15, 0.2) is 5.78 Å². The maximum Gasteiger partial charge on any atom is 0.339 e. The van der Waals surface area contributed by atoms with Crippen LogP contribution in [-0.4, -0.2) is 56.1 Å². The number of esters is 4. The molecule has 0 aliphatic carbocycles. The Balaban J connectivity index is 2.60. The molecule has 0 spiro atoms. The third-order valence-electron chi connectivity index (χ3n) is 12.1. The van der Waals surface area contributed by atoms with E-state index in [1.165, 1.54) is 12.5 Å². The Morgan fingerprint density at radius 2 is 0.636 bits per heavy atom. The van der Waals surface area contributed by atoms with Gasteiger partial charge in [-0.05, 0) is 55.4 Å². The van der Waals surface area contributed by atoms with Crippen LogP contribution in [0.25, 0.3) is 0 Å². The van der Waals surface area contributed by atoms with Crippen molar-refractivity contribution in [1.29, 1.82) is 0 Å². The Morgan fingerprint density at radius 1 is 0.348 bits per heavy atom. The number of carbonyl (C=O) groups excluding carboxylic acids is 5. The first-order chi connectivity index (χ1) is 31.7. The number of carbonyl (C=O) groups is 5. The molecule has 0 fully saturated rings. The van der Waals surface area contributed by atoms with E-state index in [0.29, 0.717) is 49.4 Å². The van der Waals surface area contributed by atoms with Crippen molar-refractivity contribution >= 4 is 29.7 Å². The molecule has 9 nitrogen and oxygen atoms in total. The minimum absolute atomic E-state index is 0.0212. The summed E-state index contributed by atoms with van der Waals surface area (Å²) in [5, 5.41) is 0. The summed E-state index contributed by atoms with van der Waals surface area (Å²) in [5.41, 5.74) is -1.68. The highest BCUT2D eigenvalue weighted by atomic mass is 16.5. The molecule has 0 aromatic heterocycles. The van der Waals surface area contributed by atoms with Crippen molar-refractivity contribution in [1.82, 2.24) is 0 Å². The van der Waals surface area contributed by atoms with Gasteiger partial charge in [0, 0.05) is 11.1 Å². The lowest BCUT2D eigenvalue weighted by Gasteiger charge is -2.20. The van der Waals surface area contributed by atoms with Gasteiger partial charge in [-0.1, -0.05) is 214 Å². The summed E-state index contributed by atoms with van der Waals surface area (Å²) in [5.74, 6) is -1.82. The smallest absolute Gasteiger partial charge is 0.339 e. The van der Waals surface area contributed by atoms with Crippen LogP contribution in [0.2, 0.25) is 0 Å². The standard InChI is InChI=1S/C57H90O9/c1-43(2)32-22-13-9-17-28-38-63-54(59)49-42-48(53(58)47-36-26-21-27-37-47)50(55(60)64-39-29-18-10-14-23-33-44(3)4)52(57(62)66-41-31-20-12-16-25-35-46(7)8)51(49)56(61)65-40-30-19-11-15-24-34-45(5)6/h21,26-27,36-37,42-46H,9-20,22-25,28-35,38-41H2,1-8H3. The molecule has 0 atom stereocenters. The first-order valence-electron chi connectivity index (χ1n) is 26.2. The average Bonchev–Trinajstić information content (AvgIpc) is 3.28. The van der Waals surface area contributed by atoms with E-state index in [2.05, 4.69) is 55.4 Å². The zero-order chi connectivity index (χ0) is 48.5. The fraction of sp³-hybridized carbons (Fsp3) is 0.702. The molecule has 0 unspecified atom stereocenters. The maximum atomic E-state index is 14.6. The third kappa shape index (κ3) is 24.7. The number of rotatable bonds is 38. The Hall–Kier alpha value is -4.01. The van der Waals surface area contributed by atoms with E-state index >= 15 is 0 Å². The van der Waals surface area contributed by atoms with Crippen molar-refractivity contribution in [3.63, 3.8) is 0 Å². The van der Waals surface area contributed by atoms with Gasteiger partial charge in [0.25, 0.3) is 0 Å². The predicted molar refractivity (Wildman–Crippen MR) is 268 cm³/mol. The molecule has 0 radical (unpaired) electrons. The first-order valence-corrected chi connectivity index (χ1v) is 26.2. The van der Waals surface area contributed by atoms with Gasteiger partial charge in [-0.3, -0.25) is 4.79 Å². The Bertz CT molecular complexity index is 1680. The quantitative estimate of drug-likeness (QED) is 0.0280. The third-order valence-corrected chi connectivity index (χ3v) is 12.1. The maximum absolute atomic E-state index is 14.6. The van der Waals surface area contributed by atoms with Gasteiger partial charge in [0.1, 0.15) is 0 Å². The van der Waals surface area contributed by atoms with Crippen molar-refractivity contribution in [3.05, 3.63) is 69.8 Å². The number of unbranched alkanes of at least 4 members (excludes halogenated alkanes) is 16. The predicted octanol–water partition coefficient (Wildman–Crippen LogP) is 15.5. The molecule has 9 heteroatoms. The monoisotopic (exact) mass is 919 g/mol. The van der Waals surface area contributed by atoms with Gasteiger partial charge < -0.3 is 18.9 Å². The van der Waals surface area contributed by atoms with Gasteiger partial charge in [0.2, 0.25) is 0 Å². The van der Waals surface area contributed by atoms with Crippen molar-refractivity contribution < 1.29 is 42.9 Å². The Labute approximate surface area is 400 Å². The van der Waals surface area contributed by atoms with Crippen LogP contribution >= 0.6 is 0 Å². The minimum Gasteiger partial charge on any atom is -0.462 e. The molecule has 0 saturated carbocycles. The van der Waals surface area contributed by atoms with E-state index in [9.17, 15) is 24.0 Å². The van der Waals surface area contributed by atoms with Crippen molar-refractivity contribution in [3.8, 4) is 0 Å². The number of benzene rings is 2. The molecular formula is C57H90O9. The van der Waals surface area contributed by atoms with E-state index in [4.69, 9.17) is 18.9 Å². The molecule has 0 N–H and O–H groups in total. The molecule has 0 saturated heterocycles. The second-order valence-corrected chi connectivity index (χ2v) is 20.1. The van der Waals surface area contributed by atoms with Crippen LogP contribution in [0.5, 0.6) is 0 Å². The van der Waals surface area contributed by atoms with Crippen LogP contribution in [0.1, 0.15) is 267 Å². The van der Waals surface area contributed by atoms with Crippen molar-refractivity contribution in [2.24, 2.45) is 23.7 Å². The highest BCUT2D eigenvalue weighted by Crippen LogP contribution is 2.30. The molecule has 0 amide bonds. The Morgan fingerprint density at radius 3 is 0.985 bits per heavy atom. The summed E-state index contributed by atoms with van der Waals surface area (Å²) < 4.78 is 23.4. The lowest BCUT2D eigenvalue weighted by Crippen LogP contribution is -2.27. The van der Waals surface area contributed by atoms with Gasteiger partial charge in [0.05, 0.1) is 48.7 Å². The number of hydrogen-bond donors (Lipinski definition) is 0. The van der Waals surface area contributed by atoms with Crippen LogP contribution < -0.4 is 0 Å². The van der Waals surface area contributed by atoms with Gasteiger partial charge in [-0.15, -0.1) is 0 Å². The summed E-state index contributed by atoms with van der Waals surface area (Å²) in [6.07, 6.45) is 23.1. The molecule has 2 aromatic rings. The molecule has 2 rings (SSSR count). The molecule has 0 aliphatic heterocycles. The van der Waals surface area contributed by atoms with E-state index in [1.807, 2.05) is 0 Å². The minimum atomic E-state index is -0.998. The first kappa shape index (κ1) is 58.1. The highest BCUT2D eigenvalue weighted by molar-refractivity contribution is 6.22. The zero-order valence-corrected chi connectivity index (χ0v) is 42.7. The summed E-state index contributed by atoms with van der Waals surface area (Å²) >= 11 is 0. The van der Waals surface area contributed by atoms with Gasteiger partial charge in [-0.25, -0.2) is 19.2 Å². The summed E-state index contributed by atoms with van der Waals surface area (Å²) in [6, 6.07) is 9.56. The summed E-state index contributed by atoms with van der Waals surface area (Å²) in [4.78, 5) is 72.2. The second-order valence-electron chi connectivity index (χ2n) is 20.1. The molecule has 66 heavy (non-hydrogen) atoms. The molecule has 372 valence electrons. The zero-order valence-electron chi connectivity index (χ0n) is 42.7. The fourth-order valence-corrected chi connectivity index (χ4v) is 8.09. The summed E-state index contributed by atoms with van der Waals surface area (Å²) in [6.45, 7) is 17.9. The molecule has 0 aliphatic rings. The summed E-state index contributed by atoms with van der Waals surface area (Å²) in [7, 11) is 0.